The topological polar surface area (TPSA) is 235 Å². The zero-order chi connectivity index (χ0) is 34.8. The van der Waals surface area contributed by atoms with E-state index in [1.807, 2.05) is 33.8 Å². The number of aliphatic hydroxyl groups is 1. The fourth-order valence-electron chi connectivity index (χ4n) is 3.90. The van der Waals surface area contributed by atoms with E-state index in [0.717, 1.165) is 0 Å². The molecule has 258 valence electrons. The molecule has 6 atom stereocenters. The van der Waals surface area contributed by atoms with Gasteiger partial charge in [0, 0.05) is 0 Å². The number of carbonyl (C=O) groups excluding carboxylic acids is 2. The number of nitrogens with zero attached hydrogens (tertiary/aromatic N) is 5. The average molecular weight is 671 g/mol. The summed E-state index contributed by atoms with van der Waals surface area (Å²) in [6.45, 7) is 13.1. The zero-order valence-corrected chi connectivity index (χ0v) is 28.7. The molecule has 46 heavy (non-hydrogen) atoms. The van der Waals surface area contributed by atoms with Crippen molar-refractivity contribution in [3.63, 3.8) is 0 Å². The minimum Gasteiger partial charge on any atom is -0.479 e. The molecule has 2 heterocycles. The molecule has 0 aliphatic rings. The summed E-state index contributed by atoms with van der Waals surface area (Å²) in [5.41, 5.74) is 6.41. The number of rotatable bonds is 19. The van der Waals surface area contributed by atoms with Crippen molar-refractivity contribution in [1.29, 1.82) is 5.26 Å². The number of hydrogen-bond donors (Lipinski definition) is 4. The Morgan fingerprint density at radius 3 is 2.02 bits per heavy atom. The summed E-state index contributed by atoms with van der Waals surface area (Å²) in [5, 5.41) is 25.8. The summed E-state index contributed by atoms with van der Waals surface area (Å²) >= 11 is 0. The maximum Gasteiger partial charge on any atom is 0.342 e. The minimum atomic E-state index is -4.27. The van der Waals surface area contributed by atoms with Gasteiger partial charge in [-0.2, -0.15) is 15.2 Å². The first kappa shape index (κ1) is 38.8. The second-order valence-corrected chi connectivity index (χ2v) is 13.6. The molecule has 0 saturated heterocycles. The molecule has 0 fully saturated rings. The Balaban J connectivity index is 2.36. The van der Waals surface area contributed by atoms with Crippen LogP contribution in [-0.2, 0) is 32.9 Å². The molecule has 2 unspecified atom stereocenters. The molecule has 2 aromatic heterocycles. The van der Waals surface area contributed by atoms with Crippen molar-refractivity contribution >= 4 is 36.7 Å². The highest BCUT2D eigenvalue weighted by molar-refractivity contribution is 7.54. The Morgan fingerprint density at radius 2 is 1.54 bits per heavy atom. The Labute approximate surface area is 269 Å². The summed E-state index contributed by atoms with van der Waals surface area (Å²) in [6, 6.07) is -0.298. The van der Waals surface area contributed by atoms with Crippen LogP contribution in [-0.4, -0.2) is 87.8 Å². The summed E-state index contributed by atoms with van der Waals surface area (Å²) in [7, 11) is -2.87. The summed E-state index contributed by atoms with van der Waals surface area (Å²) in [4.78, 5) is 37.8. The number of aliphatic hydroxyl groups excluding tert-OH is 1. The lowest BCUT2D eigenvalue weighted by atomic mass is 10.0. The van der Waals surface area contributed by atoms with Crippen molar-refractivity contribution in [2.75, 3.05) is 32.7 Å². The standard InChI is InChI=1S/C28H47N8O9P/c1-15(2)11-42-26(38)18(6)34-46(40,35-19(7)27(39)43-12-16(3)4)44-13-21(23(37)17(5)10-29)45-20(8)36-14-31-22-24(36)32-28(30)33-25(22)41-9/h14-21,23,37H,11-13H2,1-9H3,(H2,30,32,33)(H2,34,35,40)/t17?,18-,19-,20?,21+,23-/m0/s1. The Kier molecular flexibility index (Phi) is 14.8. The third kappa shape index (κ3) is 11.1. The lowest BCUT2D eigenvalue weighted by Gasteiger charge is -2.31. The fourth-order valence-corrected chi connectivity index (χ4v) is 5.71. The van der Waals surface area contributed by atoms with Gasteiger partial charge in [-0.3, -0.25) is 18.7 Å². The number of ether oxygens (including phenoxy) is 4. The van der Waals surface area contributed by atoms with Crippen LogP contribution in [0.25, 0.3) is 11.2 Å². The summed E-state index contributed by atoms with van der Waals surface area (Å²) < 4.78 is 43.3. The van der Waals surface area contributed by atoms with Crippen LogP contribution in [0.4, 0.5) is 5.95 Å². The van der Waals surface area contributed by atoms with Crippen molar-refractivity contribution in [2.24, 2.45) is 17.8 Å². The van der Waals surface area contributed by atoms with Crippen LogP contribution in [0.5, 0.6) is 5.88 Å². The van der Waals surface area contributed by atoms with E-state index in [1.165, 1.54) is 38.8 Å². The SMILES string of the molecule is COc1nc(N)nc2c1ncn2C(C)O[C@H](COP(=O)(N[C@@H](C)C(=O)OCC(C)C)N[C@@H](C)C(=O)OCC(C)C)[C@@H](O)C(C)C#N. The van der Waals surface area contributed by atoms with Crippen molar-refractivity contribution < 1.29 is 42.7 Å². The number of imidazole rings is 1. The van der Waals surface area contributed by atoms with E-state index in [1.54, 1.807) is 6.92 Å². The van der Waals surface area contributed by atoms with Gasteiger partial charge in [0.05, 0.1) is 51.3 Å². The van der Waals surface area contributed by atoms with Crippen LogP contribution in [0, 0.1) is 29.1 Å². The number of nitrogens with one attached hydrogen (secondary N) is 2. The molecule has 2 aromatic rings. The Bertz CT molecular complexity index is 1360. The van der Waals surface area contributed by atoms with Gasteiger partial charge in [0.1, 0.15) is 24.4 Å². The number of esters is 2. The van der Waals surface area contributed by atoms with Crippen LogP contribution in [0.2, 0.25) is 0 Å². The maximum atomic E-state index is 14.2. The number of fused-ring (bicyclic) bond motifs is 1. The third-order valence-corrected chi connectivity index (χ3v) is 8.40. The van der Waals surface area contributed by atoms with Gasteiger partial charge in [-0.25, -0.2) is 15.2 Å². The molecule has 0 aromatic carbocycles. The average Bonchev–Trinajstić information content (AvgIpc) is 3.42. The second kappa shape index (κ2) is 17.5. The number of nitrogens with two attached hydrogens (primary N) is 1. The number of methoxy groups -OCH3 is 1. The monoisotopic (exact) mass is 670 g/mol. The van der Waals surface area contributed by atoms with Crippen LogP contribution >= 0.6 is 7.67 Å². The molecule has 0 spiro atoms. The lowest BCUT2D eigenvalue weighted by molar-refractivity contribution is -0.146. The highest BCUT2D eigenvalue weighted by atomic mass is 31.2. The van der Waals surface area contributed by atoms with Crippen LogP contribution < -0.4 is 20.6 Å². The molecule has 0 radical (unpaired) electrons. The largest absolute Gasteiger partial charge is 0.479 e. The number of nitriles is 1. The third-order valence-electron chi connectivity index (χ3n) is 6.43. The Morgan fingerprint density at radius 1 is 1.00 bits per heavy atom. The second-order valence-electron chi connectivity index (χ2n) is 11.7. The van der Waals surface area contributed by atoms with E-state index in [4.69, 9.17) is 29.2 Å². The van der Waals surface area contributed by atoms with E-state index in [-0.39, 0.29) is 42.5 Å². The van der Waals surface area contributed by atoms with E-state index in [9.17, 15) is 24.5 Å². The van der Waals surface area contributed by atoms with Gasteiger partial charge in [0.2, 0.25) is 11.8 Å². The van der Waals surface area contributed by atoms with Gasteiger partial charge in [0.25, 0.3) is 0 Å². The highest BCUT2D eigenvalue weighted by Gasteiger charge is 2.37. The zero-order valence-electron chi connectivity index (χ0n) is 27.8. The van der Waals surface area contributed by atoms with Crippen LogP contribution in [0.3, 0.4) is 0 Å². The molecule has 0 bridgehead atoms. The molecule has 0 saturated carbocycles. The van der Waals surface area contributed by atoms with Gasteiger partial charge in [-0.1, -0.05) is 27.7 Å². The van der Waals surface area contributed by atoms with E-state index in [0.29, 0.717) is 5.52 Å². The number of aromatic nitrogens is 4. The highest BCUT2D eigenvalue weighted by Crippen LogP contribution is 2.40. The van der Waals surface area contributed by atoms with E-state index < -0.39 is 62.7 Å². The van der Waals surface area contributed by atoms with Gasteiger partial charge < -0.3 is 34.3 Å². The van der Waals surface area contributed by atoms with Crippen molar-refractivity contribution in [3.8, 4) is 11.9 Å². The number of carbonyl (C=O) groups is 2. The first-order valence-electron chi connectivity index (χ1n) is 14.9. The molecule has 0 aliphatic carbocycles. The number of anilines is 1. The van der Waals surface area contributed by atoms with Gasteiger partial charge in [-0.15, -0.1) is 0 Å². The molecule has 2 rings (SSSR count). The lowest BCUT2D eigenvalue weighted by Crippen LogP contribution is -2.44. The maximum absolute atomic E-state index is 14.2. The number of nitrogen functional groups attached to an aromatic ring is 1. The summed E-state index contributed by atoms with van der Waals surface area (Å²) in [6.07, 6.45) is -2.15. The molecular formula is C28H47N8O9P. The van der Waals surface area contributed by atoms with E-state index in [2.05, 4.69) is 25.1 Å². The normalized spacial score (nSPS) is 16.0. The van der Waals surface area contributed by atoms with Crippen molar-refractivity contribution in [1.82, 2.24) is 29.7 Å². The Hall–Kier alpha value is -3.39. The smallest absolute Gasteiger partial charge is 0.342 e. The number of hydrogen-bond acceptors (Lipinski definition) is 14. The molecule has 0 amide bonds. The van der Waals surface area contributed by atoms with Crippen LogP contribution in [0.1, 0.15) is 61.6 Å². The predicted molar refractivity (Wildman–Crippen MR) is 167 cm³/mol. The van der Waals surface area contributed by atoms with Crippen molar-refractivity contribution in [3.05, 3.63) is 6.33 Å². The van der Waals surface area contributed by atoms with Gasteiger partial charge in [-0.05, 0) is 39.5 Å². The summed E-state index contributed by atoms with van der Waals surface area (Å²) in [5.74, 6) is -2.13. The first-order valence-corrected chi connectivity index (χ1v) is 16.5. The van der Waals surface area contributed by atoms with Gasteiger partial charge >= 0.3 is 19.6 Å². The molecular weight excluding hydrogens is 623 g/mol. The van der Waals surface area contributed by atoms with Crippen molar-refractivity contribution in [2.45, 2.75) is 85.9 Å². The molecule has 5 N–H and O–H groups in total. The van der Waals surface area contributed by atoms with Crippen LogP contribution in [0.15, 0.2) is 6.33 Å². The first-order chi connectivity index (χ1) is 21.5. The minimum absolute atomic E-state index is 0.0631. The fraction of sp³-hybridized carbons (Fsp3) is 0.714. The molecule has 0 aliphatic heterocycles. The quantitative estimate of drug-likeness (QED) is 0.124. The predicted octanol–water partition coefficient (Wildman–Crippen LogP) is 2.32. The molecule has 18 heteroatoms. The molecule has 17 nitrogen and oxygen atoms in total. The van der Waals surface area contributed by atoms with E-state index >= 15 is 0 Å². The van der Waals surface area contributed by atoms with Gasteiger partial charge in [0.15, 0.2) is 11.2 Å².